The minimum absolute atomic E-state index is 0.221. The van der Waals surface area contributed by atoms with Crippen LogP contribution in [-0.4, -0.2) is 19.8 Å². The highest BCUT2D eigenvalue weighted by Gasteiger charge is 2.29. The minimum Gasteiger partial charge on any atom is -0.494 e. The molecule has 2 N–H and O–H groups in total. The Balaban J connectivity index is 2.06. The number of nitrogens with two attached hydrogens (primary N) is 1. The second-order valence-corrected chi connectivity index (χ2v) is 4.64. The smallest absolute Gasteiger partial charge is 0.119 e. The topological polar surface area (TPSA) is 44.5 Å². The third kappa shape index (κ3) is 2.99. The molecule has 1 aliphatic heterocycles. The molecule has 0 aromatic heterocycles. The summed E-state index contributed by atoms with van der Waals surface area (Å²) in [4.78, 5) is 0. The molecule has 1 aromatic carbocycles. The first-order valence-electron chi connectivity index (χ1n) is 6.34. The first kappa shape index (κ1) is 12.4. The number of hydrogen-bond acceptors (Lipinski definition) is 3. The molecule has 0 spiro atoms. The van der Waals surface area contributed by atoms with Crippen molar-refractivity contribution in [1.29, 1.82) is 0 Å². The van der Waals surface area contributed by atoms with Crippen LogP contribution in [0.1, 0.15) is 31.7 Å². The van der Waals surface area contributed by atoms with Crippen LogP contribution in [0.3, 0.4) is 0 Å². The molecule has 0 unspecified atom stereocenters. The monoisotopic (exact) mass is 235 g/mol. The van der Waals surface area contributed by atoms with Gasteiger partial charge in [0.05, 0.1) is 6.61 Å². The summed E-state index contributed by atoms with van der Waals surface area (Å²) in [6, 6.07) is 8.18. The summed E-state index contributed by atoms with van der Waals surface area (Å²) in [5.74, 6) is 0.922. The molecule has 0 atom stereocenters. The maximum Gasteiger partial charge on any atom is 0.119 e. The van der Waals surface area contributed by atoms with Crippen LogP contribution in [0.2, 0.25) is 0 Å². The Labute approximate surface area is 103 Å². The molecule has 3 heteroatoms. The van der Waals surface area contributed by atoms with Crippen molar-refractivity contribution in [3.05, 3.63) is 29.8 Å². The number of ether oxygens (including phenoxy) is 2. The summed E-state index contributed by atoms with van der Waals surface area (Å²) >= 11 is 0. The van der Waals surface area contributed by atoms with E-state index in [-0.39, 0.29) is 5.54 Å². The quantitative estimate of drug-likeness (QED) is 0.871. The van der Waals surface area contributed by atoms with Crippen LogP contribution < -0.4 is 10.5 Å². The molecule has 94 valence electrons. The third-order valence-electron chi connectivity index (χ3n) is 3.29. The van der Waals surface area contributed by atoms with Crippen molar-refractivity contribution in [2.45, 2.75) is 31.7 Å². The van der Waals surface area contributed by atoms with Gasteiger partial charge in [0.2, 0.25) is 0 Å². The fraction of sp³-hybridized carbons (Fsp3) is 0.571. The highest BCUT2D eigenvalue weighted by molar-refractivity contribution is 5.32. The number of benzene rings is 1. The third-order valence-corrected chi connectivity index (χ3v) is 3.29. The maximum absolute atomic E-state index is 6.41. The van der Waals surface area contributed by atoms with Gasteiger partial charge in [-0.25, -0.2) is 0 Å². The summed E-state index contributed by atoms with van der Waals surface area (Å²) in [7, 11) is 0. The molecular weight excluding hydrogens is 214 g/mol. The van der Waals surface area contributed by atoms with Gasteiger partial charge >= 0.3 is 0 Å². The Morgan fingerprint density at radius 2 is 1.88 bits per heavy atom. The van der Waals surface area contributed by atoms with E-state index in [2.05, 4.69) is 19.1 Å². The molecule has 0 bridgehead atoms. The first-order chi connectivity index (χ1) is 8.24. The Morgan fingerprint density at radius 1 is 1.24 bits per heavy atom. The molecule has 1 aromatic rings. The minimum atomic E-state index is -0.221. The van der Waals surface area contributed by atoms with E-state index in [9.17, 15) is 0 Å². The van der Waals surface area contributed by atoms with Gasteiger partial charge in [0, 0.05) is 18.8 Å². The van der Waals surface area contributed by atoms with E-state index >= 15 is 0 Å². The van der Waals surface area contributed by atoms with Crippen LogP contribution in [0, 0.1) is 0 Å². The molecule has 3 nitrogen and oxygen atoms in total. The van der Waals surface area contributed by atoms with Crippen LogP contribution in [-0.2, 0) is 10.3 Å². The van der Waals surface area contributed by atoms with E-state index in [1.807, 2.05) is 12.1 Å². The fourth-order valence-electron chi connectivity index (χ4n) is 2.13. The van der Waals surface area contributed by atoms with Gasteiger partial charge in [-0.05, 0) is 37.0 Å². The molecule has 0 aliphatic carbocycles. The average Bonchev–Trinajstić information content (AvgIpc) is 2.38. The van der Waals surface area contributed by atoms with Crippen LogP contribution in [0.4, 0.5) is 0 Å². The molecule has 0 amide bonds. The van der Waals surface area contributed by atoms with Crippen molar-refractivity contribution in [1.82, 2.24) is 0 Å². The van der Waals surface area contributed by atoms with Gasteiger partial charge < -0.3 is 15.2 Å². The Hall–Kier alpha value is -1.06. The van der Waals surface area contributed by atoms with Crippen LogP contribution >= 0.6 is 0 Å². The summed E-state index contributed by atoms with van der Waals surface area (Å²) in [6.45, 7) is 4.38. The van der Waals surface area contributed by atoms with Crippen molar-refractivity contribution in [2.75, 3.05) is 19.8 Å². The molecule has 1 fully saturated rings. The van der Waals surface area contributed by atoms with E-state index in [1.54, 1.807) is 0 Å². The van der Waals surface area contributed by atoms with E-state index in [4.69, 9.17) is 15.2 Å². The van der Waals surface area contributed by atoms with Gasteiger partial charge in [0.25, 0.3) is 0 Å². The number of hydrogen-bond donors (Lipinski definition) is 1. The van der Waals surface area contributed by atoms with E-state index in [0.29, 0.717) is 0 Å². The predicted octanol–water partition coefficient (Wildman–Crippen LogP) is 2.44. The van der Waals surface area contributed by atoms with E-state index in [0.717, 1.165) is 44.8 Å². The van der Waals surface area contributed by atoms with Crippen molar-refractivity contribution in [3.8, 4) is 5.75 Å². The molecule has 0 saturated carbocycles. The molecule has 1 saturated heterocycles. The Kier molecular flexibility index (Phi) is 4.02. The highest BCUT2D eigenvalue weighted by atomic mass is 16.5. The maximum atomic E-state index is 6.41. The Bertz CT molecular complexity index is 342. The standard InChI is InChI=1S/C14H21NO2/c1-2-9-17-13-5-3-12(4-6-13)14(15)7-10-16-11-8-14/h3-6H,2,7-11,15H2,1H3. The van der Waals surface area contributed by atoms with Gasteiger partial charge in [-0.15, -0.1) is 0 Å². The van der Waals surface area contributed by atoms with Gasteiger partial charge in [0.15, 0.2) is 0 Å². The van der Waals surface area contributed by atoms with Crippen molar-refractivity contribution in [2.24, 2.45) is 5.73 Å². The molecule has 1 aliphatic rings. The lowest BCUT2D eigenvalue weighted by Gasteiger charge is -2.33. The van der Waals surface area contributed by atoms with Gasteiger partial charge in [-0.2, -0.15) is 0 Å². The summed E-state index contributed by atoms with van der Waals surface area (Å²) < 4.78 is 10.9. The second-order valence-electron chi connectivity index (χ2n) is 4.64. The lowest BCUT2D eigenvalue weighted by atomic mass is 9.84. The van der Waals surface area contributed by atoms with Crippen molar-refractivity contribution < 1.29 is 9.47 Å². The van der Waals surface area contributed by atoms with Crippen LogP contribution in [0.15, 0.2) is 24.3 Å². The zero-order chi connectivity index (χ0) is 12.1. The number of rotatable bonds is 4. The largest absolute Gasteiger partial charge is 0.494 e. The molecule has 1 heterocycles. The summed E-state index contributed by atoms with van der Waals surface area (Å²) in [5.41, 5.74) is 7.37. The summed E-state index contributed by atoms with van der Waals surface area (Å²) in [5, 5.41) is 0. The zero-order valence-electron chi connectivity index (χ0n) is 10.4. The van der Waals surface area contributed by atoms with Gasteiger partial charge in [-0.1, -0.05) is 19.1 Å². The normalized spacial score (nSPS) is 18.9. The van der Waals surface area contributed by atoms with Crippen LogP contribution in [0.5, 0.6) is 5.75 Å². The van der Waals surface area contributed by atoms with E-state index in [1.165, 1.54) is 5.56 Å². The van der Waals surface area contributed by atoms with Gasteiger partial charge in [0.1, 0.15) is 5.75 Å². The predicted molar refractivity (Wildman–Crippen MR) is 68.1 cm³/mol. The molecule has 0 radical (unpaired) electrons. The van der Waals surface area contributed by atoms with Crippen LogP contribution in [0.25, 0.3) is 0 Å². The second kappa shape index (κ2) is 5.52. The summed E-state index contributed by atoms with van der Waals surface area (Å²) in [6.07, 6.45) is 2.81. The van der Waals surface area contributed by atoms with Gasteiger partial charge in [-0.3, -0.25) is 0 Å². The van der Waals surface area contributed by atoms with Crippen molar-refractivity contribution >= 4 is 0 Å². The van der Waals surface area contributed by atoms with E-state index < -0.39 is 0 Å². The average molecular weight is 235 g/mol. The molecule has 17 heavy (non-hydrogen) atoms. The molecule has 2 rings (SSSR count). The zero-order valence-corrected chi connectivity index (χ0v) is 10.4. The Morgan fingerprint density at radius 3 is 2.47 bits per heavy atom. The lowest BCUT2D eigenvalue weighted by molar-refractivity contribution is 0.0522. The SMILES string of the molecule is CCCOc1ccc(C2(N)CCOCC2)cc1. The molecular formula is C14H21NO2. The lowest BCUT2D eigenvalue weighted by Crippen LogP contribution is -2.42. The fourth-order valence-corrected chi connectivity index (χ4v) is 2.13. The van der Waals surface area contributed by atoms with Crippen molar-refractivity contribution in [3.63, 3.8) is 0 Å². The first-order valence-corrected chi connectivity index (χ1v) is 6.34. The highest BCUT2D eigenvalue weighted by Crippen LogP contribution is 2.30.